The minimum absolute atomic E-state index is 2.42. The van der Waals surface area contributed by atoms with E-state index >= 15 is 0 Å². The van der Waals surface area contributed by atoms with E-state index < -0.39 is 47.0 Å². The van der Waals surface area contributed by atoms with E-state index in [0.717, 1.165) is 0 Å². The zero-order chi connectivity index (χ0) is 16.1. The molecule has 0 amide bonds. The lowest BCUT2D eigenvalue weighted by molar-refractivity contribution is -0.385. The summed E-state index contributed by atoms with van der Waals surface area (Å²) in [5, 5.41) is 0. The summed E-state index contributed by atoms with van der Waals surface area (Å²) in [4.78, 5) is -2.42. The maximum atomic E-state index is 12.9. The Hall–Kier alpha value is -1.69. The summed E-state index contributed by atoms with van der Waals surface area (Å²) in [6.07, 6.45) is -6.96. The molecule has 0 bridgehead atoms. The number of ether oxygens (including phenoxy) is 1. The first-order valence-corrected chi connectivity index (χ1v) is 4.16. The molecule has 2 nitrogen and oxygen atoms in total. The van der Waals surface area contributed by atoms with Gasteiger partial charge in [0.25, 0.3) is 11.9 Å². The Labute approximate surface area is 101 Å². The molecule has 0 aromatic heterocycles. The third kappa shape index (κ3) is 2.14. The Balaban J connectivity index is 3.44. The summed E-state index contributed by atoms with van der Waals surface area (Å²) in [6, 6.07) is -12.6. The predicted octanol–water partition coefficient (Wildman–Crippen LogP) is 4.24. The van der Waals surface area contributed by atoms with E-state index in [1.807, 2.05) is 0 Å². The molecule has 0 fully saturated rings. The SMILES string of the molecule is FC1=C(F)N(C(F)(F)C(F)(F)C(F)(F)F)C(F)=C(F)O1. The number of nitrogens with zero attached hydrogens (tertiary/aromatic N) is 1. The van der Waals surface area contributed by atoms with Gasteiger partial charge in [-0.2, -0.15) is 48.3 Å². The van der Waals surface area contributed by atoms with Crippen molar-refractivity contribution in [2.24, 2.45) is 0 Å². The van der Waals surface area contributed by atoms with Crippen molar-refractivity contribution in [2.45, 2.75) is 18.1 Å². The van der Waals surface area contributed by atoms with Gasteiger partial charge < -0.3 is 4.74 Å². The summed E-state index contributed by atoms with van der Waals surface area (Å²) in [5.74, 6) is -13.6. The van der Waals surface area contributed by atoms with E-state index in [-0.39, 0.29) is 0 Å². The van der Waals surface area contributed by atoms with Gasteiger partial charge >= 0.3 is 30.2 Å². The zero-order valence-electron chi connectivity index (χ0n) is 8.51. The summed E-state index contributed by atoms with van der Waals surface area (Å²) in [5.41, 5.74) is 0. The third-order valence-corrected chi connectivity index (χ3v) is 1.91. The van der Waals surface area contributed by atoms with Crippen molar-refractivity contribution in [2.75, 3.05) is 0 Å². The molecular weight excluding hydrogens is 323 g/mol. The van der Waals surface area contributed by atoms with E-state index in [9.17, 15) is 48.3 Å². The lowest BCUT2D eigenvalue weighted by Crippen LogP contribution is -2.60. The van der Waals surface area contributed by atoms with E-state index in [2.05, 4.69) is 4.74 Å². The first-order valence-electron chi connectivity index (χ1n) is 4.16. The number of halogens is 11. The van der Waals surface area contributed by atoms with Gasteiger partial charge in [0.1, 0.15) is 0 Å². The van der Waals surface area contributed by atoms with Crippen molar-refractivity contribution in [1.82, 2.24) is 4.90 Å². The van der Waals surface area contributed by atoms with Crippen LogP contribution in [0.5, 0.6) is 0 Å². The van der Waals surface area contributed by atoms with E-state index in [1.54, 1.807) is 0 Å². The van der Waals surface area contributed by atoms with Gasteiger partial charge in [-0.1, -0.05) is 0 Å². The van der Waals surface area contributed by atoms with E-state index in [1.165, 1.54) is 0 Å². The van der Waals surface area contributed by atoms with Crippen molar-refractivity contribution in [3.8, 4) is 0 Å². The minimum Gasteiger partial charge on any atom is -0.397 e. The van der Waals surface area contributed by atoms with Gasteiger partial charge in [0.05, 0.1) is 0 Å². The number of alkyl halides is 7. The van der Waals surface area contributed by atoms with Gasteiger partial charge in [-0.3, -0.25) is 0 Å². The summed E-state index contributed by atoms with van der Waals surface area (Å²) < 4.78 is 140. The molecule has 0 saturated carbocycles. The molecule has 1 rings (SSSR count). The van der Waals surface area contributed by atoms with Crippen molar-refractivity contribution >= 4 is 0 Å². The molecule has 1 heterocycles. The maximum Gasteiger partial charge on any atom is 0.462 e. The zero-order valence-corrected chi connectivity index (χ0v) is 8.51. The molecule has 116 valence electrons. The van der Waals surface area contributed by atoms with Gasteiger partial charge in [0.15, 0.2) is 0 Å². The monoisotopic (exact) mass is 323 g/mol. The van der Waals surface area contributed by atoms with E-state index in [4.69, 9.17) is 0 Å². The highest BCUT2D eigenvalue weighted by molar-refractivity contribution is 5.15. The summed E-state index contributed by atoms with van der Waals surface area (Å²) in [7, 11) is 0. The van der Waals surface area contributed by atoms with Crippen LogP contribution < -0.4 is 0 Å². The third-order valence-electron chi connectivity index (χ3n) is 1.91. The molecule has 0 radical (unpaired) electrons. The number of rotatable bonds is 2. The van der Waals surface area contributed by atoms with Crippen LogP contribution in [0.15, 0.2) is 23.9 Å². The maximum absolute atomic E-state index is 12.9. The van der Waals surface area contributed by atoms with Gasteiger partial charge in [-0.25, -0.2) is 4.90 Å². The van der Waals surface area contributed by atoms with Crippen LogP contribution in [0.3, 0.4) is 0 Å². The standard InChI is InChI=1S/C7F11NO/c8-1-3(10)20-4(11)2(9)19(1)7(17,18)5(12,13)6(14,15)16. The predicted molar refractivity (Wildman–Crippen MR) is 37.4 cm³/mol. The molecule has 0 aromatic carbocycles. The molecule has 0 atom stereocenters. The quantitative estimate of drug-likeness (QED) is 0.557. The van der Waals surface area contributed by atoms with Crippen molar-refractivity contribution in [3.05, 3.63) is 23.9 Å². The van der Waals surface area contributed by atoms with Gasteiger partial charge in [0, 0.05) is 0 Å². The highest BCUT2D eigenvalue weighted by Gasteiger charge is 2.77. The van der Waals surface area contributed by atoms with Crippen LogP contribution in [0.4, 0.5) is 48.3 Å². The van der Waals surface area contributed by atoms with Gasteiger partial charge in [0.2, 0.25) is 0 Å². The Morgan fingerprint density at radius 2 is 1.05 bits per heavy atom. The average Bonchev–Trinajstić information content (AvgIpc) is 2.24. The van der Waals surface area contributed by atoms with Crippen LogP contribution in [0.2, 0.25) is 0 Å². The van der Waals surface area contributed by atoms with Crippen LogP contribution in [0, 0.1) is 0 Å². The second-order valence-corrected chi connectivity index (χ2v) is 3.18. The molecule has 0 unspecified atom stereocenters. The van der Waals surface area contributed by atoms with Crippen LogP contribution in [0.25, 0.3) is 0 Å². The smallest absolute Gasteiger partial charge is 0.397 e. The Kier molecular flexibility index (Phi) is 3.61. The molecule has 1 aliphatic rings. The molecule has 0 aliphatic carbocycles. The largest absolute Gasteiger partial charge is 0.462 e. The number of hydrogen-bond acceptors (Lipinski definition) is 2. The first-order chi connectivity index (χ1) is 8.75. The number of hydrogen-bond donors (Lipinski definition) is 0. The lowest BCUT2D eigenvalue weighted by atomic mass is 10.2. The second kappa shape index (κ2) is 4.41. The molecule has 0 spiro atoms. The lowest BCUT2D eigenvalue weighted by Gasteiger charge is -2.36. The van der Waals surface area contributed by atoms with Crippen LogP contribution >= 0.6 is 0 Å². The Bertz CT molecular complexity index is 452. The van der Waals surface area contributed by atoms with Crippen molar-refractivity contribution < 1.29 is 53.0 Å². The average molecular weight is 323 g/mol. The summed E-state index contributed by atoms with van der Waals surface area (Å²) in [6.45, 7) is 0. The normalized spacial score (nSPS) is 18.6. The highest BCUT2D eigenvalue weighted by Crippen LogP contribution is 2.52. The fourth-order valence-electron chi connectivity index (χ4n) is 0.982. The fourth-order valence-corrected chi connectivity index (χ4v) is 0.982. The fraction of sp³-hybridized carbons (Fsp3) is 0.429. The van der Waals surface area contributed by atoms with Gasteiger partial charge in [-0.15, -0.1) is 0 Å². The highest BCUT2D eigenvalue weighted by atomic mass is 19.4. The molecule has 0 saturated heterocycles. The minimum atomic E-state index is -7.02. The molecule has 13 heteroatoms. The van der Waals surface area contributed by atoms with Gasteiger partial charge in [-0.05, 0) is 0 Å². The molecule has 0 N–H and O–H groups in total. The van der Waals surface area contributed by atoms with Crippen molar-refractivity contribution in [1.29, 1.82) is 0 Å². The molecular formula is C7F11NO. The Morgan fingerprint density at radius 3 is 1.35 bits per heavy atom. The second-order valence-electron chi connectivity index (χ2n) is 3.18. The first kappa shape index (κ1) is 16.4. The van der Waals surface area contributed by atoms with Crippen LogP contribution in [-0.2, 0) is 4.74 Å². The molecule has 0 aromatic rings. The topological polar surface area (TPSA) is 12.5 Å². The van der Waals surface area contributed by atoms with Crippen LogP contribution in [0.1, 0.15) is 0 Å². The van der Waals surface area contributed by atoms with E-state index in [0.29, 0.717) is 0 Å². The molecule has 1 aliphatic heterocycles. The summed E-state index contributed by atoms with van der Waals surface area (Å²) >= 11 is 0. The molecule has 20 heavy (non-hydrogen) atoms. The Morgan fingerprint density at radius 1 is 0.700 bits per heavy atom. The van der Waals surface area contributed by atoms with Crippen LogP contribution in [-0.4, -0.2) is 23.0 Å². The van der Waals surface area contributed by atoms with Crippen molar-refractivity contribution in [3.63, 3.8) is 0 Å².